The Balaban J connectivity index is 1.53. The molecular weight excluding hydrogens is 364 g/mol. The number of aliphatic hydroxyl groups is 1. The summed E-state index contributed by atoms with van der Waals surface area (Å²) in [6.45, 7) is 14.8. The standard InChI is InChI=1S/C29H48O/c1-7-21(19(2)3)9-8-20(4)25-12-13-26-24-11-10-22-18-23(30)14-16-28(22,5)27(24)15-17-29(25,26)6/h8-9,11,19-23,25-27,30H,7,10,12-18H2,1-6H3/t20?,21?,22-,23?,25?,26-,27+,28-,29+/m0/s1. The lowest BCUT2D eigenvalue weighted by Crippen LogP contribution is -2.49. The van der Waals surface area contributed by atoms with Crippen molar-refractivity contribution in [1.29, 1.82) is 0 Å². The maximum Gasteiger partial charge on any atom is 0.0543 e. The van der Waals surface area contributed by atoms with Gasteiger partial charge in [-0.1, -0.05) is 65.3 Å². The molecule has 3 saturated carbocycles. The minimum absolute atomic E-state index is 0.0480. The quantitative estimate of drug-likeness (QED) is 0.457. The number of allylic oxidation sites excluding steroid dienone is 4. The normalized spacial score (nSPS) is 45.6. The molecule has 30 heavy (non-hydrogen) atoms. The first kappa shape index (κ1) is 22.6. The molecule has 0 radical (unpaired) electrons. The summed E-state index contributed by atoms with van der Waals surface area (Å²) in [4.78, 5) is 0. The fourth-order valence-corrected chi connectivity index (χ4v) is 8.68. The Bertz CT molecular complexity index is 674. The van der Waals surface area contributed by atoms with E-state index in [1.54, 1.807) is 0 Å². The predicted octanol–water partition coefficient (Wildman–Crippen LogP) is 7.80. The Morgan fingerprint density at radius 3 is 2.40 bits per heavy atom. The molecule has 4 aliphatic rings. The largest absolute Gasteiger partial charge is 0.393 e. The third-order valence-corrected chi connectivity index (χ3v) is 10.7. The smallest absolute Gasteiger partial charge is 0.0543 e. The predicted molar refractivity (Wildman–Crippen MR) is 128 cm³/mol. The highest BCUT2D eigenvalue weighted by atomic mass is 16.3. The number of fused-ring (bicyclic) bond motifs is 5. The summed E-state index contributed by atoms with van der Waals surface area (Å²) in [5.74, 6) is 5.32. The van der Waals surface area contributed by atoms with Gasteiger partial charge in [-0.05, 0) is 110 Å². The van der Waals surface area contributed by atoms with Gasteiger partial charge in [0.15, 0.2) is 0 Å². The molecule has 9 atom stereocenters. The third-order valence-electron chi connectivity index (χ3n) is 10.7. The molecule has 0 bridgehead atoms. The highest BCUT2D eigenvalue weighted by molar-refractivity contribution is 5.28. The first-order valence-corrected chi connectivity index (χ1v) is 13.3. The van der Waals surface area contributed by atoms with Crippen molar-refractivity contribution in [2.75, 3.05) is 0 Å². The van der Waals surface area contributed by atoms with E-state index in [4.69, 9.17) is 0 Å². The van der Waals surface area contributed by atoms with Gasteiger partial charge in [-0.15, -0.1) is 0 Å². The molecule has 1 N–H and O–H groups in total. The molecule has 0 aromatic heterocycles. The zero-order valence-electron chi connectivity index (χ0n) is 20.7. The van der Waals surface area contributed by atoms with Gasteiger partial charge >= 0.3 is 0 Å². The van der Waals surface area contributed by atoms with Crippen LogP contribution in [0.4, 0.5) is 0 Å². The van der Waals surface area contributed by atoms with Crippen LogP contribution in [0, 0.1) is 52.3 Å². The van der Waals surface area contributed by atoms with Crippen LogP contribution in [-0.2, 0) is 0 Å². The van der Waals surface area contributed by atoms with Gasteiger partial charge < -0.3 is 5.11 Å². The minimum Gasteiger partial charge on any atom is -0.393 e. The number of rotatable bonds is 5. The maximum atomic E-state index is 10.3. The third kappa shape index (κ3) is 3.66. The molecule has 0 saturated heterocycles. The van der Waals surface area contributed by atoms with E-state index >= 15 is 0 Å². The summed E-state index contributed by atoms with van der Waals surface area (Å²) >= 11 is 0. The fourth-order valence-electron chi connectivity index (χ4n) is 8.68. The second kappa shape index (κ2) is 8.42. The summed E-state index contributed by atoms with van der Waals surface area (Å²) in [6, 6.07) is 0. The fraction of sp³-hybridized carbons (Fsp3) is 0.862. The summed E-state index contributed by atoms with van der Waals surface area (Å²) in [5, 5.41) is 10.3. The van der Waals surface area contributed by atoms with Crippen molar-refractivity contribution in [2.24, 2.45) is 52.3 Å². The monoisotopic (exact) mass is 412 g/mol. The highest BCUT2D eigenvalue weighted by Crippen LogP contribution is 2.66. The van der Waals surface area contributed by atoms with Crippen LogP contribution in [0.15, 0.2) is 23.8 Å². The van der Waals surface area contributed by atoms with Crippen LogP contribution in [0.2, 0.25) is 0 Å². The second-order valence-electron chi connectivity index (χ2n) is 12.5. The van der Waals surface area contributed by atoms with Crippen LogP contribution in [-0.4, -0.2) is 11.2 Å². The molecule has 0 aliphatic heterocycles. The Labute approximate surface area is 186 Å². The Morgan fingerprint density at radius 2 is 1.70 bits per heavy atom. The van der Waals surface area contributed by atoms with E-state index in [9.17, 15) is 5.11 Å². The van der Waals surface area contributed by atoms with E-state index in [-0.39, 0.29) is 6.10 Å². The molecule has 4 rings (SSSR count). The van der Waals surface area contributed by atoms with Crippen molar-refractivity contribution in [3.05, 3.63) is 23.8 Å². The lowest BCUT2D eigenvalue weighted by atomic mass is 9.47. The number of hydrogen-bond acceptors (Lipinski definition) is 1. The van der Waals surface area contributed by atoms with Crippen molar-refractivity contribution in [3.8, 4) is 0 Å². The van der Waals surface area contributed by atoms with Crippen LogP contribution in [0.3, 0.4) is 0 Å². The Kier molecular flexibility index (Phi) is 6.35. The van der Waals surface area contributed by atoms with E-state index in [1.165, 1.54) is 44.9 Å². The van der Waals surface area contributed by atoms with E-state index in [0.717, 1.165) is 42.4 Å². The van der Waals surface area contributed by atoms with Gasteiger partial charge in [-0.25, -0.2) is 0 Å². The lowest BCUT2D eigenvalue weighted by molar-refractivity contribution is -0.0414. The van der Waals surface area contributed by atoms with Crippen molar-refractivity contribution in [2.45, 2.75) is 105 Å². The number of hydrogen-bond donors (Lipinski definition) is 1. The molecule has 3 fully saturated rings. The maximum absolute atomic E-state index is 10.3. The van der Waals surface area contributed by atoms with Gasteiger partial charge in [-0.2, -0.15) is 0 Å². The van der Waals surface area contributed by atoms with Gasteiger partial charge in [0.1, 0.15) is 0 Å². The summed E-state index contributed by atoms with van der Waals surface area (Å²) in [5.41, 5.74) is 2.79. The van der Waals surface area contributed by atoms with Gasteiger partial charge in [0.2, 0.25) is 0 Å². The second-order valence-corrected chi connectivity index (χ2v) is 12.5. The van der Waals surface area contributed by atoms with E-state index in [1.807, 2.05) is 5.57 Å². The molecule has 0 spiro atoms. The van der Waals surface area contributed by atoms with Crippen molar-refractivity contribution < 1.29 is 5.11 Å². The van der Waals surface area contributed by atoms with Crippen LogP contribution in [0.1, 0.15) is 99.3 Å². The van der Waals surface area contributed by atoms with E-state index in [0.29, 0.717) is 22.7 Å². The molecule has 4 aliphatic carbocycles. The molecule has 0 aromatic carbocycles. The molecule has 0 heterocycles. The summed E-state index contributed by atoms with van der Waals surface area (Å²) in [6.07, 6.45) is 19.2. The molecule has 4 unspecified atom stereocenters. The van der Waals surface area contributed by atoms with Crippen molar-refractivity contribution in [1.82, 2.24) is 0 Å². The Hall–Kier alpha value is -0.560. The molecular formula is C29H48O. The van der Waals surface area contributed by atoms with Gasteiger partial charge in [-0.3, -0.25) is 0 Å². The van der Waals surface area contributed by atoms with Crippen LogP contribution >= 0.6 is 0 Å². The molecule has 170 valence electrons. The first-order valence-electron chi connectivity index (χ1n) is 13.3. The summed E-state index contributed by atoms with van der Waals surface area (Å²) in [7, 11) is 0. The van der Waals surface area contributed by atoms with Gasteiger partial charge in [0.05, 0.1) is 6.10 Å². The minimum atomic E-state index is -0.0480. The lowest BCUT2D eigenvalue weighted by Gasteiger charge is -2.57. The van der Waals surface area contributed by atoms with E-state index < -0.39 is 0 Å². The van der Waals surface area contributed by atoms with Crippen molar-refractivity contribution >= 4 is 0 Å². The average Bonchev–Trinajstić information content (AvgIpc) is 3.06. The zero-order valence-corrected chi connectivity index (χ0v) is 20.7. The molecule has 1 heteroatoms. The average molecular weight is 413 g/mol. The SMILES string of the molecule is CCC(C=CC(C)C1CC[C@H]2C3=CC[C@H]4CC(O)CC[C@]4(C)[C@@H]3CC[C@]12C)C(C)C. The first-order chi connectivity index (χ1) is 14.2. The van der Waals surface area contributed by atoms with Crippen molar-refractivity contribution in [3.63, 3.8) is 0 Å². The summed E-state index contributed by atoms with van der Waals surface area (Å²) < 4.78 is 0. The molecule has 0 aromatic rings. The molecule has 0 amide bonds. The highest BCUT2D eigenvalue weighted by Gasteiger charge is 2.57. The number of aliphatic hydroxyl groups excluding tert-OH is 1. The Morgan fingerprint density at radius 1 is 1.00 bits per heavy atom. The molecule has 1 nitrogen and oxygen atoms in total. The van der Waals surface area contributed by atoms with Gasteiger partial charge in [0, 0.05) is 0 Å². The van der Waals surface area contributed by atoms with Crippen LogP contribution < -0.4 is 0 Å². The zero-order chi connectivity index (χ0) is 21.7. The van der Waals surface area contributed by atoms with Gasteiger partial charge in [0.25, 0.3) is 0 Å². The topological polar surface area (TPSA) is 20.2 Å². The van der Waals surface area contributed by atoms with Crippen LogP contribution in [0.5, 0.6) is 0 Å². The van der Waals surface area contributed by atoms with E-state index in [2.05, 4.69) is 59.8 Å². The van der Waals surface area contributed by atoms with Crippen LogP contribution in [0.25, 0.3) is 0 Å².